The number of rotatable bonds is 5. The highest BCUT2D eigenvalue weighted by atomic mass is 35.5. The Kier molecular flexibility index (Phi) is 5.88. The Balaban J connectivity index is 1.39. The van der Waals surface area contributed by atoms with Crippen LogP contribution in [0.3, 0.4) is 0 Å². The molecule has 0 aliphatic rings. The fourth-order valence-electron chi connectivity index (χ4n) is 3.08. The molecule has 6 heteroatoms. The van der Waals surface area contributed by atoms with E-state index in [4.69, 9.17) is 23.2 Å². The summed E-state index contributed by atoms with van der Waals surface area (Å²) in [5.74, 6) is 0.642. The maximum atomic E-state index is 12.1. The summed E-state index contributed by atoms with van der Waals surface area (Å²) in [6.45, 7) is 2.44. The molecule has 150 valence electrons. The number of H-pyrrole nitrogens is 1. The predicted octanol–water partition coefficient (Wildman–Crippen LogP) is 6.17. The van der Waals surface area contributed by atoms with Crippen LogP contribution in [0.1, 0.15) is 16.7 Å². The van der Waals surface area contributed by atoms with Crippen LogP contribution in [0, 0.1) is 6.92 Å². The van der Waals surface area contributed by atoms with Crippen LogP contribution in [0.4, 0.5) is 0 Å². The van der Waals surface area contributed by atoms with E-state index in [0.717, 1.165) is 33.5 Å². The van der Waals surface area contributed by atoms with Crippen molar-refractivity contribution in [1.29, 1.82) is 0 Å². The summed E-state index contributed by atoms with van der Waals surface area (Å²) >= 11 is 11.9. The number of imidazole rings is 1. The van der Waals surface area contributed by atoms with E-state index in [1.54, 1.807) is 18.2 Å². The average molecular weight is 436 g/mol. The number of hydrogen-bond donors (Lipinski definition) is 2. The van der Waals surface area contributed by atoms with Gasteiger partial charge >= 0.3 is 0 Å². The van der Waals surface area contributed by atoms with Crippen LogP contribution in [0.5, 0.6) is 0 Å². The first-order valence-electron chi connectivity index (χ1n) is 9.44. The number of amides is 1. The number of benzene rings is 3. The highest BCUT2D eigenvalue weighted by Gasteiger charge is 2.05. The molecule has 4 nitrogen and oxygen atoms in total. The van der Waals surface area contributed by atoms with E-state index in [1.165, 1.54) is 11.6 Å². The maximum absolute atomic E-state index is 12.1. The molecule has 3 aromatic carbocycles. The van der Waals surface area contributed by atoms with Gasteiger partial charge in [-0.25, -0.2) is 4.98 Å². The molecular formula is C24H19Cl2N3O. The molecule has 0 saturated carbocycles. The van der Waals surface area contributed by atoms with Crippen LogP contribution < -0.4 is 5.32 Å². The molecule has 0 aliphatic carbocycles. The molecule has 0 fully saturated rings. The van der Waals surface area contributed by atoms with Crippen molar-refractivity contribution in [2.75, 3.05) is 0 Å². The van der Waals surface area contributed by atoms with Crippen molar-refractivity contribution in [3.63, 3.8) is 0 Å². The minimum absolute atomic E-state index is 0.183. The molecule has 4 aromatic rings. The van der Waals surface area contributed by atoms with Gasteiger partial charge < -0.3 is 10.3 Å². The van der Waals surface area contributed by atoms with E-state index in [9.17, 15) is 4.79 Å². The fraction of sp³-hybridized carbons (Fsp3) is 0.0833. The molecule has 0 bridgehead atoms. The number of aryl methyl sites for hydroxylation is 1. The number of aromatic amines is 1. The van der Waals surface area contributed by atoms with E-state index < -0.39 is 0 Å². The molecule has 0 spiro atoms. The van der Waals surface area contributed by atoms with Gasteiger partial charge in [-0.3, -0.25) is 4.79 Å². The molecule has 0 radical (unpaired) electrons. The molecule has 1 heterocycles. The molecule has 0 unspecified atom stereocenters. The number of carbonyl (C=O) groups is 1. The van der Waals surface area contributed by atoms with Crippen LogP contribution in [0.15, 0.2) is 66.7 Å². The summed E-state index contributed by atoms with van der Waals surface area (Å²) in [5, 5.41) is 3.79. The smallest absolute Gasteiger partial charge is 0.244 e. The van der Waals surface area contributed by atoms with Gasteiger partial charge in [0.05, 0.1) is 21.1 Å². The van der Waals surface area contributed by atoms with Crippen LogP contribution in [0.2, 0.25) is 10.0 Å². The second-order valence-electron chi connectivity index (χ2n) is 7.03. The summed E-state index contributed by atoms with van der Waals surface area (Å²) in [7, 11) is 0. The van der Waals surface area contributed by atoms with E-state index in [2.05, 4.69) is 28.3 Å². The minimum atomic E-state index is -0.183. The summed E-state index contributed by atoms with van der Waals surface area (Å²) in [4.78, 5) is 20.1. The van der Waals surface area contributed by atoms with Crippen molar-refractivity contribution in [3.05, 3.63) is 93.5 Å². The zero-order valence-corrected chi connectivity index (χ0v) is 17.8. The summed E-state index contributed by atoms with van der Waals surface area (Å²) in [5.41, 5.74) is 5.96. The normalized spacial score (nSPS) is 11.3. The molecular weight excluding hydrogens is 417 g/mol. The molecule has 1 aromatic heterocycles. The van der Waals surface area contributed by atoms with Gasteiger partial charge in [-0.15, -0.1) is 0 Å². The van der Waals surface area contributed by atoms with E-state index in [0.29, 0.717) is 16.6 Å². The van der Waals surface area contributed by atoms with Gasteiger partial charge in [-0.2, -0.15) is 0 Å². The zero-order chi connectivity index (χ0) is 21.1. The minimum Gasteiger partial charge on any atom is -0.348 e. The van der Waals surface area contributed by atoms with Crippen molar-refractivity contribution >= 4 is 46.2 Å². The van der Waals surface area contributed by atoms with Crippen molar-refractivity contribution in [2.45, 2.75) is 13.5 Å². The number of nitrogens with one attached hydrogen (secondary N) is 2. The number of carbonyl (C=O) groups excluding carboxylic acids is 1. The van der Waals surface area contributed by atoms with Crippen LogP contribution >= 0.6 is 23.2 Å². The first-order valence-corrected chi connectivity index (χ1v) is 10.2. The lowest BCUT2D eigenvalue weighted by Crippen LogP contribution is -2.20. The lowest BCUT2D eigenvalue weighted by molar-refractivity contribution is -0.116. The molecule has 0 atom stereocenters. The Morgan fingerprint density at radius 2 is 1.83 bits per heavy atom. The Morgan fingerprint density at radius 1 is 1.03 bits per heavy atom. The molecule has 0 aliphatic heterocycles. The SMILES string of the molecule is Cc1ccc2nc(-c3ccc(C=CC(=O)NCc4ccc(Cl)c(Cl)c4)cc3)[nH]c2c1. The monoisotopic (exact) mass is 435 g/mol. The molecule has 0 saturated heterocycles. The summed E-state index contributed by atoms with van der Waals surface area (Å²) in [6.07, 6.45) is 3.28. The van der Waals surface area contributed by atoms with E-state index >= 15 is 0 Å². The van der Waals surface area contributed by atoms with Crippen molar-refractivity contribution < 1.29 is 4.79 Å². The average Bonchev–Trinajstić information content (AvgIpc) is 3.16. The van der Waals surface area contributed by atoms with E-state index in [1.807, 2.05) is 42.5 Å². The molecule has 1 amide bonds. The lowest BCUT2D eigenvalue weighted by Gasteiger charge is -2.04. The second kappa shape index (κ2) is 8.74. The second-order valence-corrected chi connectivity index (χ2v) is 7.84. The first-order chi connectivity index (χ1) is 14.5. The van der Waals surface area contributed by atoms with Gasteiger partial charge in [0.2, 0.25) is 5.91 Å². The third kappa shape index (κ3) is 4.73. The summed E-state index contributed by atoms with van der Waals surface area (Å²) < 4.78 is 0. The van der Waals surface area contributed by atoms with E-state index in [-0.39, 0.29) is 5.91 Å². The van der Waals surface area contributed by atoms with Gasteiger partial charge in [0.25, 0.3) is 0 Å². The van der Waals surface area contributed by atoms with Gasteiger partial charge in [0, 0.05) is 18.2 Å². The van der Waals surface area contributed by atoms with Crippen LogP contribution in [-0.4, -0.2) is 15.9 Å². The van der Waals surface area contributed by atoms with Gasteiger partial charge in [-0.05, 0) is 54.0 Å². The number of halogens is 2. The van der Waals surface area contributed by atoms with Crippen molar-refractivity contribution in [3.8, 4) is 11.4 Å². The number of nitrogens with zero attached hydrogens (tertiary/aromatic N) is 1. The molecule has 4 rings (SSSR count). The van der Waals surface area contributed by atoms with Crippen LogP contribution in [0.25, 0.3) is 28.5 Å². The Labute approximate surface area is 184 Å². The summed E-state index contributed by atoms with van der Waals surface area (Å²) in [6, 6.07) is 19.3. The topological polar surface area (TPSA) is 57.8 Å². The molecule has 30 heavy (non-hydrogen) atoms. The standard InChI is InChI=1S/C24H19Cl2N3O/c1-15-2-10-21-22(12-15)29-24(28-21)18-7-3-16(4-8-18)6-11-23(30)27-14-17-5-9-19(25)20(26)13-17/h2-13H,14H2,1H3,(H,27,30)(H,28,29). The Hall–Kier alpha value is -3.08. The van der Waals surface area contributed by atoms with Gasteiger partial charge in [0.1, 0.15) is 5.82 Å². The predicted molar refractivity (Wildman–Crippen MR) is 124 cm³/mol. The van der Waals surface area contributed by atoms with Crippen molar-refractivity contribution in [2.24, 2.45) is 0 Å². The Morgan fingerprint density at radius 3 is 2.60 bits per heavy atom. The number of hydrogen-bond acceptors (Lipinski definition) is 2. The fourth-order valence-corrected chi connectivity index (χ4v) is 3.40. The number of aromatic nitrogens is 2. The van der Waals surface area contributed by atoms with Gasteiger partial charge in [-0.1, -0.05) is 59.6 Å². The molecule has 2 N–H and O–H groups in total. The first kappa shape index (κ1) is 20.2. The maximum Gasteiger partial charge on any atom is 0.244 e. The van der Waals surface area contributed by atoms with Gasteiger partial charge in [0.15, 0.2) is 0 Å². The zero-order valence-electron chi connectivity index (χ0n) is 16.2. The van der Waals surface area contributed by atoms with Crippen LogP contribution in [-0.2, 0) is 11.3 Å². The lowest BCUT2D eigenvalue weighted by atomic mass is 10.1. The quantitative estimate of drug-likeness (QED) is 0.368. The highest BCUT2D eigenvalue weighted by molar-refractivity contribution is 6.42. The third-order valence-corrected chi connectivity index (χ3v) is 5.44. The van der Waals surface area contributed by atoms with Crippen molar-refractivity contribution in [1.82, 2.24) is 15.3 Å². The third-order valence-electron chi connectivity index (χ3n) is 4.70. The highest BCUT2D eigenvalue weighted by Crippen LogP contribution is 2.23. The number of fused-ring (bicyclic) bond motifs is 1. The largest absolute Gasteiger partial charge is 0.348 e. The Bertz CT molecular complexity index is 1240.